The van der Waals surface area contributed by atoms with Crippen molar-refractivity contribution in [3.05, 3.63) is 34.4 Å². The number of aryl methyl sites for hydroxylation is 3. The van der Waals surface area contributed by atoms with Crippen LogP contribution in [0.1, 0.15) is 59.2 Å². The van der Waals surface area contributed by atoms with Gasteiger partial charge in [-0.15, -0.1) is 0 Å². The van der Waals surface area contributed by atoms with Gasteiger partial charge < -0.3 is 9.22 Å². The molecule has 0 atom stereocenters. The van der Waals surface area contributed by atoms with Crippen LogP contribution in [-0.2, 0) is 4.74 Å². The van der Waals surface area contributed by atoms with Crippen LogP contribution in [-0.4, -0.2) is 43.7 Å². The molecule has 1 aromatic rings. The highest BCUT2D eigenvalue weighted by atomic mass is 16.5. The molecule has 0 unspecified atom stereocenters. The number of carbonyl (C=O) groups excluding carboxylic acids is 1. The lowest BCUT2D eigenvalue weighted by molar-refractivity contribution is -0.916. The minimum Gasteiger partial charge on any atom is -0.456 e. The van der Waals surface area contributed by atoms with Crippen LogP contribution in [0, 0.1) is 20.8 Å². The molecule has 2 rings (SSSR count). The van der Waals surface area contributed by atoms with E-state index in [2.05, 4.69) is 21.0 Å². The van der Waals surface area contributed by atoms with Gasteiger partial charge in [0.1, 0.15) is 13.2 Å². The lowest BCUT2D eigenvalue weighted by Crippen LogP contribution is -2.51. The number of hydrogen-bond donors (Lipinski definition) is 0. The van der Waals surface area contributed by atoms with Crippen molar-refractivity contribution in [2.24, 2.45) is 0 Å². The predicted molar refractivity (Wildman–Crippen MR) is 94.8 cm³/mol. The van der Waals surface area contributed by atoms with Crippen molar-refractivity contribution < 1.29 is 14.0 Å². The average molecular weight is 318 g/mol. The van der Waals surface area contributed by atoms with E-state index in [9.17, 15) is 4.79 Å². The number of carbonyl (C=O) groups is 1. The Morgan fingerprint density at radius 3 is 2.22 bits per heavy atom. The summed E-state index contributed by atoms with van der Waals surface area (Å²) in [6.45, 7) is 7.41. The molecule has 1 aromatic carbocycles. The van der Waals surface area contributed by atoms with Gasteiger partial charge in [-0.25, -0.2) is 4.79 Å². The molecule has 1 saturated carbocycles. The minimum atomic E-state index is -0.177. The summed E-state index contributed by atoms with van der Waals surface area (Å²) >= 11 is 0. The van der Waals surface area contributed by atoms with Gasteiger partial charge in [0, 0.05) is 0 Å². The second-order valence-corrected chi connectivity index (χ2v) is 7.70. The number of nitrogens with zero attached hydrogens (tertiary/aromatic N) is 1. The largest absolute Gasteiger partial charge is 0.456 e. The Hall–Kier alpha value is -1.35. The maximum absolute atomic E-state index is 12.4. The predicted octanol–water partition coefficient (Wildman–Crippen LogP) is 4.18. The first-order chi connectivity index (χ1) is 10.8. The Kier molecular flexibility index (Phi) is 5.85. The summed E-state index contributed by atoms with van der Waals surface area (Å²) in [5.41, 5.74) is 3.94. The van der Waals surface area contributed by atoms with Crippen LogP contribution in [0.2, 0.25) is 0 Å². The van der Waals surface area contributed by atoms with Gasteiger partial charge in [-0.3, -0.25) is 0 Å². The molecule has 0 amide bonds. The van der Waals surface area contributed by atoms with Gasteiger partial charge in [0.25, 0.3) is 0 Å². The van der Waals surface area contributed by atoms with Crippen molar-refractivity contribution in [2.45, 2.75) is 58.9 Å². The zero-order valence-electron chi connectivity index (χ0n) is 15.4. The molecule has 0 saturated heterocycles. The molecule has 0 N–H and O–H groups in total. The summed E-state index contributed by atoms with van der Waals surface area (Å²) in [6, 6.07) is 4.81. The summed E-state index contributed by atoms with van der Waals surface area (Å²) in [5.74, 6) is -0.177. The van der Waals surface area contributed by atoms with Crippen LogP contribution in [0.5, 0.6) is 0 Å². The molecule has 0 radical (unpaired) electrons. The van der Waals surface area contributed by atoms with E-state index >= 15 is 0 Å². The topological polar surface area (TPSA) is 26.3 Å². The normalized spacial score (nSPS) is 16.4. The molecule has 0 aliphatic heterocycles. The van der Waals surface area contributed by atoms with Crippen LogP contribution >= 0.6 is 0 Å². The Balaban J connectivity index is 1.92. The van der Waals surface area contributed by atoms with E-state index in [4.69, 9.17) is 4.74 Å². The fraction of sp³-hybridized carbons (Fsp3) is 0.650. The van der Waals surface area contributed by atoms with E-state index in [1.807, 2.05) is 26.0 Å². The molecule has 0 aromatic heterocycles. The number of ether oxygens (including phenoxy) is 1. The molecular formula is C20H32NO2+. The van der Waals surface area contributed by atoms with Crippen molar-refractivity contribution in [2.75, 3.05) is 27.2 Å². The zero-order valence-corrected chi connectivity index (χ0v) is 15.4. The highest BCUT2D eigenvalue weighted by Crippen LogP contribution is 2.25. The monoisotopic (exact) mass is 318 g/mol. The zero-order chi connectivity index (χ0) is 17.0. The molecule has 1 fully saturated rings. The highest BCUT2D eigenvalue weighted by Gasteiger charge is 2.29. The van der Waals surface area contributed by atoms with Crippen molar-refractivity contribution in [3.8, 4) is 0 Å². The summed E-state index contributed by atoms with van der Waals surface area (Å²) in [6.07, 6.45) is 6.66. The summed E-state index contributed by atoms with van der Waals surface area (Å²) < 4.78 is 6.56. The van der Waals surface area contributed by atoms with Gasteiger partial charge >= 0.3 is 5.97 Å². The van der Waals surface area contributed by atoms with Crippen molar-refractivity contribution in [3.63, 3.8) is 0 Å². The quantitative estimate of drug-likeness (QED) is 0.601. The van der Waals surface area contributed by atoms with Crippen LogP contribution in [0.15, 0.2) is 12.1 Å². The third kappa shape index (κ3) is 4.57. The van der Waals surface area contributed by atoms with Crippen LogP contribution < -0.4 is 0 Å². The van der Waals surface area contributed by atoms with Gasteiger partial charge in [-0.1, -0.05) is 24.1 Å². The summed E-state index contributed by atoms with van der Waals surface area (Å²) in [5, 5.41) is 0. The molecule has 0 heterocycles. The second kappa shape index (κ2) is 7.48. The van der Waals surface area contributed by atoms with Crippen molar-refractivity contribution in [1.29, 1.82) is 0 Å². The standard InChI is InChI=1S/C20H32NO2/c1-15-13-16(2)19(17(3)14-15)20(22)23-12-11-21(4,5)18-9-7-6-8-10-18/h13-14,18H,6-12H2,1-5H3/q+1. The Morgan fingerprint density at radius 1 is 1.09 bits per heavy atom. The number of esters is 1. The fourth-order valence-electron chi connectivity index (χ4n) is 3.91. The summed E-state index contributed by atoms with van der Waals surface area (Å²) in [4.78, 5) is 12.4. The van der Waals surface area contributed by atoms with Crippen molar-refractivity contribution >= 4 is 5.97 Å². The van der Waals surface area contributed by atoms with Gasteiger partial charge in [0.15, 0.2) is 0 Å². The van der Waals surface area contributed by atoms with Crippen LogP contribution in [0.3, 0.4) is 0 Å². The van der Waals surface area contributed by atoms with Crippen LogP contribution in [0.25, 0.3) is 0 Å². The molecule has 3 heteroatoms. The lowest BCUT2D eigenvalue weighted by atomic mass is 9.93. The molecule has 128 valence electrons. The number of quaternary nitrogens is 1. The van der Waals surface area contributed by atoms with E-state index in [1.54, 1.807) is 0 Å². The average Bonchev–Trinajstić information content (AvgIpc) is 2.47. The molecule has 0 bridgehead atoms. The number of benzene rings is 1. The van der Waals surface area contributed by atoms with Gasteiger partial charge in [0.05, 0.1) is 25.7 Å². The maximum atomic E-state index is 12.4. The molecule has 1 aliphatic rings. The van der Waals surface area contributed by atoms with Gasteiger partial charge in [0.2, 0.25) is 0 Å². The third-order valence-corrected chi connectivity index (χ3v) is 5.35. The minimum absolute atomic E-state index is 0.177. The lowest BCUT2D eigenvalue weighted by Gasteiger charge is -2.40. The molecular weight excluding hydrogens is 286 g/mol. The van der Waals surface area contributed by atoms with Crippen LogP contribution in [0.4, 0.5) is 0 Å². The van der Waals surface area contributed by atoms with E-state index in [0.717, 1.165) is 27.7 Å². The fourth-order valence-corrected chi connectivity index (χ4v) is 3.91. The highest BCUT2D eigenvalue weighted by molar-refractivity contribution is 5.92. The van der Waals surface area contributed by atoms with E-state index in [0.29, 0.717) is 12.6 Å². The van der Waals surface area contributed by atoms with Gasteiger partial charge in [-0.2, -0.15) is 0 Å². The second-order valence-electron chi connectivity index (χ2n) is 7.70. The maximum Gasteiger partial charge on any atom is 0.338 e. The number of rotatable bonds is 5. The SMILES string of the molecule is Cc1cc(C)c(C(=O)OCC[N+](C)(C)C2CCCCC2)c(C)c1. The molecule has 23 heavy (non-hydrogen) atoms. The Morgan fingerprint density at radius 2 is 1.65 bits per heavy atom. The first kappa shape index (κ1) is 18.0. The summed E-state index contributed by atoms with van der Waals surface area (Å²) in [7, 11) is 4.54. The first-order valence-electron chi connectivity index (χ1n) is 8.89. The molecule has 1 aliphatic carbocycles. The number of likely N-dealkylation sites (N-methyl/N-ethyl adjacent to an activating group) is 1. The molecule has 3 nitrogen and oxygen atoms in total. The van der Waals surface area contributed by atoms with E-state index in [-0.39, 0.29) is 5.97 Å². The number of hydrogen-bond acceptors (Lipinski definition) is 2. The van der Waals surface area contributed by atoms with E-state index < -0.39 is 0 Å². The van der Waals surface area contributed by atoms with Crippen molar-refractivity contribution in [1.82, 2.24) is 0 Å². The molecule has 0 spiro atoms. The third-order valence-electron chi connectivity index (χ3n) is 5.35. The first-order valence-corrected chi connectivity index (χ1v) is 8.89. The van der Waals surface area contributed by atoms with E-state index in [1.165, 1.54) is 37.7 Å². The smallest absolute Gasteiger partial charge is 0.338 e. The Bertz CT molecular complexity index is 534. The van der Waals surface area contributed by atoms with Gasteiger partial charge in [-0.05, 0) is 57.6 Å². The Labute approximate surface area is 141 Å².